The number of hydrogen-bond donors (Lipinski definition) is 1. The van der Waals surface area contributed by atoms with Gasteiger partial charge in [0.1, 0.15) is 0 Å². The molecule has 150 valence electrons. The zero-order valence-electron chi connectivity index (χ0n) is 17.4. The number of nitrogens with one attached hydrogen (secondary N) is 1. The lowest BCUT2D eigenvalue weighted by molar-refractivity contribution is 0.0904. The molecular formula is C23H30N2O3. The van der Waals surface area contributed by atoms with Gasteiger partial charge >= 0.3 is 0 Å². The molecule has 0 spiro atoms. The minimum Gasteiger partial charge on any atom is -0.493 e. The summed E-state index contributed by atoms with van der Waals surface area (Å²) in [5.41, 5.74) is 4.19. The van der Waals surface area contributed by atoms with Crippen LogP contribution in [0.5, 0.6) is 11.5 Å². The summed E-state index contributed by atoms with van der Waals surface area (Å²) in [6, 6.07) is 12.0. The van der Waals surface area contributed by atoms with E-state index in [0.29, 0.717) is 17.1 Å². The Morgan fingerprint density at radius 2 is 1.79 bits per heavy atom. The SMILES string of the molecule is COc1ccc([C@H]2CN(C)CC[C@H]2NC(=O)c2ccc(C)c(C)c2)cc1OC. The van der Waals surface area contributed by atoms with E-state index in [2.05, 4.69) is 30.3 Å². The first-order valence-electron chi connectivity index (χ1n) is 9.71. The van der Waals surface area contributed by atoms with Crippen LogP contribution in [0.3, 0.4) is 0 Å². The molecule has 0 aromatic heterocycles. The molecule has 0 aliphatic carbocycles. The van der Waals surface area contributed by atoms with E-state index >= 15 is 0 Å². The number of ether oxygens (including phenoxy) is 2. The van der Waals surface area contributed by atoms with Gasteiger partial charge in [0, 0.05) is 24.1 Å². The Hall–Kier alpha value is -2.53. The highest BCUT2D eigenvalue weighted by Crippen LogP contribution is 2.34. The second-order valence-electron chi connectivity index (χ2n) is 7.65. The summed E-state index contributed by atoms with van der Waals surface area (Å²) >= 11 is 0. The molecule has 1 heterocycles. The number of hydrogen-bond acceptors (Lipinski definition) is 4. The maximum Gasteiger partial charge on any atom is 0.251 e. The maximum absolute atomic E-state index is 12.9. The van der Waals surface area contributed by atoms with E-state index in [4.69, 9.17) is 9.47 Å². The number of carbonyl (C=O) groups excluding carboxylic acids is 1. The van der Waals surface area contributed by atoms with E-state index in [1.54, 1.807) is 14.2 Å². The van der Waals surface area contributed by atoms with Gasteiger partial charge in [0.05, 0.1) is 14.2 Å². The molecule has 0 radical (unpaired) electrons. The Morgan fingerprint density at radius 1 is 1.04 bits per heavy atom. The van der Waals surface area contributed by atoms with Crippen LogP contribution in [-0.4, -0.2) is 51.2 Å². The second-order valence-corrected chi connectivity index (χ2v) is 7.65. The Balaban J connectivity index is 1.84. The van der Waals surface area contributed by atoms with Crippen molar-refractivity contribution in [3.63, 3.8) is 0 Å². The zero-order valence-corrected chi connectivity index (χ0v) is 17.4. The van der Waals surface area contributed by atoms with Gasteiger partial charge in [-0.1, -0.05) is 12.1 Å². The molecule has 1 aliphatic heterocycles. The summed E-state index contributed by atoms with van der Waals surface area (Å²) in [4.78, 5) is 15.2. The lowest BCUT2D eigenvalue weighted by atomic mass is 9.85. The Labute approximate surface area is 167 Å². The highest BCUT2D eigenvalue weighted by atomic mass is 16.5. The van der Waals surface area contributed by atoms with Crippen LogP contribution in [-0.2, 0) is 0 Å². The van der Waals surface area contributed by atoms with Crippen molar-refractivity contribution in [1.29, 1.82) is 0 Å². The molecule has 5 nitrogen and oxygen atoms in total. The summed E-state index contributed by atoms with van der Waals surface area (Å²) in [6.07, 6.45) is 0.909. The number of carbonyl (C=O) groups is 1. The van der Waals surface area contributed by atoms with Crippen LogP contribution in [0.15, 0.2) is 36.4 Å². The van der Waals surface area contributed by atoms with Crippen molar-refractivity contribution in [2.45, 2.75) is 32.2 Å². The van der Waals surface area contributed by atoms with Crippen molar-refractivity contribution < 1.29 is 14.3 Å². The normalized spacial score (nSPS) is 19.9. The number of benzene rings is 2. The number of amides is 1. The van der Waals surface area contributed by atoms with Crippen molar-refractivity contribution in [1.82, 2.24) is 10.2 Å². The lowest BCUT2D eigenvalue weighted by Gasteiger charge is -2.37. The molecule has 3 rings (SSSR count). The van der Waals surface area contributed by atoms with E-state index in [0.717, 1.165) is 30.6 Å². The van der Waals surface area contributed by atoms with E-state index in [9.17, 15) is 4.79 Å². The first kappa shape index (κ1) is 20.2. The molecule has 1 saturated heterocycles. The number of piperidine rings is 1. The summed E-state index contributed by atoms with van der Waals surface area (Å²) < 4.78 is 10.8. The van der Waals surface area contributed by atoms with Gasteiger partial charge in [-0.25, -0.2) is 0 Å². The monoisotopic (exact) mass is 382 g/mol. The van der Waals surface area contributed by atoms with Crippen molar-refractivity contribution in [2.24, 2.45) is 0 Å². The molecule has 1 aliphatic rings. The Kier molecular flexibility index (Phi) is 6.25. The van der Waals surface area contributed by atoms with Gasteiger partial charge < -0.3 is 19.7 Å². The highest BCUT2D eigenvalue weighted by Gasteiger charge is 2.31. The molecule has 2 aromatic carbocycles. The van der Waals surface area contributed by atoms with Gasteiger partial charge in [0.15, 0.2) is 11.5 Å². The topological polar surface area (TPSA) is 50.8 Å². The molecule has 28 heavy (non-hydrogen) atoms. The maximum atomic E-state index is 12.9. The third-order valence-electron chi connectivity index (χ3n) is 5.74. The molecule has 0 bridgehead atoms. The van der Waals surface area contributed by atoms with Crippen LogP contribution < -0.4 is 14.8 Å². The summed E-state index contributed by atoms with van der Waals surface area (Å²) in [5, 5.41) is 3.28. The second kappa shape index (κ2) is 8.65. The molecule has 1 N–H and O–H groups in total. The quantitative estimate of drug-likeness (QED) is 0.859. The fourth-order valence-corrected chi connectivity index (χ4v) is 3.84. The lowest BCUT2D eigenvalue weighted by Crippen LogP contribution is -2.48. The molecule has 5 heteroatoms. The van der Waals surface area contributed by atoms with Gasteiger partial charge in [-0.15, -0.1) is 0 Å². The van der Waals surface area contributed by atoms with Crippen LogP contribution in [0.1, 0.15) is 39.4 Å². The Morgan fingerprint density at radius 3 is 2.46 bits per heavy atom. The summed E-state index contributed by atoms with van der Waals surface area (Å²) in [5.74, 6) is 1.61. The third-order valence-corrected chi connectivity index (χ3v) is 5.74. The van der Waals surface area contributed by atoms with E-state index in [1.165, 1.54) is 5.56 Å². The number of likely N-dealkylation sites (tertiary alicyclic amines) is 1. The zero-order chi connectivity index (χ0) is 20.3. The van der Waals surface area contributed by atoms with Crippen molar-refractivity contribution >= 4 is 5.91 Å². The number of nitrogens with zero attached hydrogens (tertiary/aromatic N) is 1. The summed E-state index contributed by atoms with van der Waals surface area (Å²) in [6.45, 7) is 5.93. The van der Waals surface area contributed by atoms with Crippen molar-refractivity contribution in [2.75, 3.05) is 34.4 Å². The number of methoxy groups -OCH3 is 2. The largest absolute Gasteiger partial charge is 0.493 e. The van der Waals surface area contributed by atoms with Crippen molar-refractivity contribution in [3.8, 4) is 11.5 Å². The fourth-order valence-electron chi connectivity index (χ4n) is 3.84. The van der Waals surface area contributed by atoms with E-state index < -0.39 is 0 Å². The van der Waals surface area contributed by atoms with E-state index in [-0.39, 0.29) is 17.9 Å². The molecule has 0 unspecified atom stereocenters. The molecule has 2 atom stereocenters. The minimum atomic E-state index is -0.0110. The van der Waals surface area contributed by atoms with Gasteiger partial charge in [-0.05, 0) is 74.8 Å². The Bertz CT molecular complexity index is 850. The van der Waals surface area contributed by atoms with Crippen LogP contribution in [0.4, 0.5) is 0 Å². The van der Waals surface area contributed by atoms with Gasteiger partial charge in [0.2, 0.25) is 0 Å². The predicted octanol–water partition coefficient (Wildman–Crippen LogP) is 3.54. The molecular weight excluding hydrogens is 352 g/mol. The fraction of sp³-hybridized carbons (Fsp3) is 0.435. The third kappa shape index (κ3) is 4.30. The van der Waals surface area contributed by atoms with Crippen molar-refractivity contribution in [3.05, 3.63) is 58.7 Å². The van der Waals surface area contributed by atoms with Crippen LogP contribution in [0.25, 0.3) is 0 Å². The number of likely N-dealkylation sites (N-methyl/N-ethyl adjacent to an activating group) is 1. The van der Waals surface area contributed by atoms with Gasteiger partial charge in [-0.3, -0.25) is 4.79 Å². The highest BCUT2D eigenvalue weighted by molar-refractivity contribution is 5.94. The average molecular weight is 383 g/mol. The number of aryl methyl sites for hydroxylation is 2. The molecule has 0 saturated carbocycles. The molecule has 1 amide bonds. The van der Waals surface area contributed by atoms with E-state index in [1.807, 2.05) is 37.3 Å². The van der Waals surface area contributed by atoms with Gasteiger partial charge in [0.25, 0.3) is 5.91 Å². The number of rotatable bonds is 5. The molecule has 1 fully saturated rings. The standard InChI is InChI=1S/C23H30N2O3/c1-15-6-7-18(12-16(15)2)23(26)24-20-10-11-25(3)14-19(20)17-8-9-21(27-4)22(13-17)28-5/h6-9,12-13,19-20H,10-11,14H2,1-5H3,(H,24,26)/t19-,20-/m1/s1. The summed E-state index contributed by atoms with van der Waals surface area (Å²) in [7, 11) is 5.40. The smallest absolute Gasteiger partial charge is 0.251 e. The first-order valence-corrected chi connectivity index (χ1v) is 9.71. The van der Waals surface area contributed by atoms with Crippen LogP contribution in [0.2, 0.25) is 0 Å². The predicted molar refractivity (Wildman–Crippen MR) is 112 cm³/mol. The first-order chi connectivity index (χ1) is 13.4. The molecule has 2 aromatic rings. The minimum absolute atomic E-state index is 0.0110. The van der Waals surface area contributed by atoms with Gasteiger partial charge in [-0.2, -0.15) is 0 Å². The van der Waals surface area contributed by atoms with Crippen LogP contribution >= 0.6 is 0 Å². The average Bonchev–Trinajstić information content (AvgIpc) is 2.70. The van der Waals surface area contributed by atoms with Crippen LogP contribution in [0, 0.1) is 13.8 Å².